The summed E-state index contributed by atoms with van der Waals surface area (Å²) in [5, 5.41) is 31.0. The van der Waals surface area contributed by atoms with Crippen LogP contribution >= 0.6 is 0 Å². The summed E-state index contributed by atoms with van der Waals surface area (Å²) in [7, 11) is 0. The van der Waals surface area contributed by atoms with Crippen LogP contribution < -0.4 is 0 Å². The number of aliphatic hydroxyl groups is 2. The van der Waals surface area contributed by atoms with Gasteiger partial charge in [0.1, 0.15) is 16.9 Å². The second-order valence-corrected chi connectivity index (χ2v) is 12.9. The van der Waals surface area contributed by atoms with Gasteiger partial charge in [-0.3, -0.25) is 0 Å². The van der Waals surface area contributed by atoms with Gasteiger partial charge in [-0.15, -0.1) is 0 Å². The number of halogens is 1. The molecule has 0 amide bonds. The smallest absolute Gasteiger partial charge is 0.125 e. The Morgan fingerprint density at radius 2 is 1.82 bits per heavy atom. The summed E-state index contributed by atoms with van der Waals surface area (Å²) in [5.74, 6) is 4.21. The molecule has 1 aromatic heterocycles. The zero-order chi connectivity index (χ0) is 23.8. The molecule has 0 aliphatic heterocycles. The summed E-state index contributed by atoms with van der Waals surface area (Å²) < 4.78 is 13.6. The molecule has 4 aliphatic carbocycles. The van der Waals surface area contributed by atoms with E-state index in [0.29, 0.717) is 35.3 Å². The van der Waals surface area contributed by atoms with E-state index >= 15 is 0 Å². The first kappa shape index (κ1) is 22.9. The van der Waals surface area contributed by atoms with Gasteiger partial charge in [0.25, 0.3) is 0 Å². The molecule has 10 atom stereocenters. The molecule has 3 unspecified atom stereocenters. The fourth-order valence-corrected chi connectivity index (χ4v) is 9.58. The monoisotopic (exact) mass is 469 g/mol. The van der Waals surface area contributed by atoms with Crippen LogP contribution in [0.5, 0.6) is 0 Å². The van der Waals surface area contributed by atoms with Crippen LogP contribution in [0.15, 0.2) is 18.2 Å². The Bertz CT molecular complexity index is 1070. The van der Waals surface area contributed by atoms with Gasteiger partial charge in [-0.05, 0) is 117 Å². The van der Waals surface area contributed by atoms with E-state index in [1.165, 1.54) is 44.2 Å². The Morgan fingerprint density at radius 3 is 2.65 bits per heavy atom. The molecule has 0 bridgehead atoms. The summed E-state index contributed by atoms with van der Waals surface area (Å²) in [6.45, 7) is 7.26. The lowest BCUT2D eigenvalue weighted by atomic mass is 9.48. The highest BCUT2D eigenvalue weighted by molar-refractivity contribution is 5.73. The number of nitrogens with zero attached hydrogens (tertiary/aromatic N) is 3. The zero-order valence-corrected chi connectivity index (χ0v) is 20.8. The highest BCUT2D eigenvalue weighted by atomic mass is 19.1. The van der Waals surface area contributed by atoms with E-state index in [0.717, 1.165) is 37.0 Å². The summed E-state index contributed by atoms with van der Waals surface area (Å²) in [6, 6.07) is 4.46. The number of hydrogen-bond donors (Lipinski definition) is 2. The third kappa shape index (κ3) is 3.62. The minimum absolute atomic E-state index is 0.145. The van der Waals surface area contributed by atoms with Crippen LogP contribution in [0.2, 0.25) is 0 Å². The van der Waals surface area contributed by atoms with Gasteiger partial charge < -0.3 is 10.2 Å². The lowest BCUT2D eigenvalue weighted by Crippen LogP contribution is -2.52. The predicted molar refractivity (Wildman–Crippen MR) is 129 cm³/mol. The molecule has 6 rings (SSSR count). The third-order valence-corrected chi connectivity index (χ3v) is 10.8. The van der Waals surface area contributed by atoms with Crippen molar-refractivity contribution in [1.29, 1.82) is 0 Å². The van der Waals surface area contributed by atoms with Crippen molar-refractivity contribution >= 4 is 11.0 Å². The molecule has 1 heterocycles. The zero-order valence-electron chi connectivity index (χ0n) is 20.8. The molecule has 34 heavy (non-hydrogen) atoms. The Hall–Kier alpha value is -1.53. The van der Waals surface area contributed by atoms with E-state index < -0.39 is 11.7 Å². The maximum absolute atomic E-state index is 13.6. The van der Waals surface area contributed by atoms with Crippen molar-refractivity contribution in [3.8, 4) is 0 Å². The molecule has 0 spiro atoms. The summed E-state index contributed by atoms with van der Waals surface area (Å²) >= 11 is 0. The first-order valence-corrected chi connectivity index (χ1v) is 13.6. The van der Waals surface area contributed by atoms with E-state index in [-0.39, 0.29) is 17.2 Å². The van der Waals surface area contributed by atoms with Gasteiger partial charge in [0.05, 0.1) is 18.2 Å². The molecule has 2 N–H and O–H groups in total. The average molecular weight is 470 g/mol. The quantitative estimate of drug-likeness (QED) is 0.648. The van der Waals surface area contributed by atoms with Gasteiger partial charge in [-0.25, -0.2) is 4.39 Å². The summed E-state index contributed by atoms with van der Waals surface area (Å²) in [4.78, 5) is 1.57. The minimum Gasteiger partial charge on any atom is -0.391 e. The third-order valence-electron chi connectivity index (χ3n) is 10.8. The molecule has 5 nitrogen and oxygen atoms in total. The Balaban J connectivity index is 1.21. The average Bonchev–Trinajstić information content (AvgIpc) is 3.29. The molecular weight excluding hydrogens is 429 g/mol. The van der Waals surface area contributed by atoms with Gasteiger partial charge in [0.15, 0.2) is 0 Å². The largest absolute Gasteiger partial charge is 0.391 e. The van der Waals surface area contributed by atoms with Gasteiger partial charge in [-0.2, -0.15) is 15.0 Å². The number of aliphatic hydroxyl groups excluding tert-OH is 1. The first-order valence-electron chi connectivity index (χ1n) is 13.6. The number of hydrogen-bond acceptors (Lipinski definition) is 4. The lowest BCUT2D eigenvalue weighted by molar-refractivity contribution is -0.113. The Morgan fingerprint density at radius 1 is 1.06 bits per heavy atom. The second kappa shape index (κ2) is 7.99. The van der Waals surface area contributed by atoms with Gasteiger partial charge in [-0.1, -0.05) is 13.8 Å². The van der Waals surface area contributed by atoms with Crippen molar-refractivity contribution in [1.82, 2.24) is 15.0 Å². The van der Waals surface area contributed by atoms with Gasteiger partial charge in [0, 0.05) is 6.07 Å². The molecule has 4 saturated carbocycles. The van der Waals surface area contributed by atoms with Crippen molar-refractivity contribution in [2.45, 2.75) is 90.4 Å². The van der Waals surface area contributed by atoms with Crippen molar-refractivity contribution in [3.63, 3.8) is 0 Å². The van der Waals surface area contributed by atoms with Gasteiger partial charge >= 0.3 is 0 Å². The van der Waals surface area contributed by atoms with Crippen LogP contribution in [-0.2, 0) is 6.54 Å². The topological polar surface area (TPSA) is 71.2 Å². The second-order valence-electron chi connectivity index (χ2n) is 12.9. The van der Waals surface area contributed by atoms with Crippen LogP contribution in [-0.4, -0.2) is 36.9 Å². The van der Waals surface area contributed by atoms with Crippen molar-refractivity contribution in [2.75, 3.05) is 0 Å². The SMILES string of the molecule is C[C@@H]1C[C@H](C(O)Cn2nc3ccc(F)cc3n2)C2(C)CC[C@H]3C(CC[C@@H]4C[C@](C)(O)CC[C@@H]43)[C@H]12. The lowest BCUT2D eigenvalue weighted by Gasteiger charge is -2.57. The normalized spacial score (nSPS) is 44.9. The van der Waals surface area contributed by atoms with Crippen molar-refractivity contribution < 1.29 is 14.6 Å². The van der Waals surface area contributed by atoms with Crippen LogP contribution in [0, 0.1) is 52.7 Å². The van der Waals surface area contributed by atoms with Crippen LogP contribution in [0.3, 0.4) is 0 Å². The maximum Gasteiger partial charge on any atom is 0.125 e. The summed E-state index contributed by atoms with van der Waals surface area (Å²) in [5.41, 5.74) is 0.886. The molecule has 4 fully saturated rings. The highest BCUT2D eigenvalue weighted by Crippen LogP contribution is 2.66. The number of benzene rings is 1. The standard InChI is InChI=1S/C28H40FN3O2/c1-16-12-22(25(33)15-32-30-23-7-5-18(29)13-24(23)31-32)28(3)11-9-20-19-8-10-27(2,34)14-17(19)4-6-21(20)26(16)28/h5,7,13,16-17,19-22,25-26,33-34H,4,6,8-12,14-15H2,1-3H3/t16-,17-,19+,20-,21?,22-,25?,26+,27-,28?/m1/s1. The molecule has 2 aromatic rings. The van der Waals surface area contributed by atoms with E-state index in [1.54, 1.807) is 10.9 Å². The Kier molecular flexibility index (Phi) is 5.38. The predicted octanol–water partition coefficient (Wildman–Crippen LogP) is 5.20. The van der Waals surface area contributed by atoms with Crippen LogP contribution in [0.4, 0.5) is 4.39 Å². The van der Waals surface area contributed by atoms with E-state index in [2.05, 4.69) is 24.0 Å². The minimum atomic E-state index is -0.498. The van der Waals surface area contributed by atoms with Crippen LogP contribution in [0.1, 0.15) is 72.1 Å². The molecule has 0 radical (unpaired) electrons. The van der Waals surface area contributed by atoms with E-state index in [1.807, 2.05) is 6.92 Å². The molecule has 186 valence electrons. The highest BCUT2D eigenvalue weighted by Gasteiger charge is 2.60. The first-order chi connectivity index (χ1) is 16.1. The summed E-state index contributed by atoms with van der Waals surface area (Å²) in [6.07, 6.45) is 8.67. The molecule has 4 aliphatic rings. The fourth-order valence-electron chi connectivity index (χ4n) is 9.58. The molecule has 1 aromatic carbocycles. The number of fused-ring (bicyclic) bond motifs is 6. The molecule has 0 saturated heterocycles. The van der Waals surface area contributed by atoms with Crippen molar-refractivity contribution in [3.05, 3.63) is 24.0 Å². The maximum atomic E-state index is 13.6. The van der Waals surface area contributed by atoms with Crippen molar-refractivity contribution in [2.24, 2.45) is 46.8 Å². The van der Waals surface area contributed by atoms with Gasteiger partial charge in [0.2, 0.25) is 0 Å². The van der Waals surface area contributed by atoms with E-state index in [9.17, 15) is 14.6 Å². The fraction of sp³-hybridized carbons (Fsp3) is 0.786. The van der Waals surface area contributed by atoms with E-state index in [4.69, 9.17) is 0 Å². The molecule has 6 heteroatoms. The molecular formula is C28H40FN3O2. The van der Waals surface area contributed by atoms with Crippen LogP contribution in [0.25, 0.3) is 11.0 Å². The number of aromatic nitrogens is 3. The Labute approximate surface area is 202 Å². The number of rotatable bonds is 3.